The highest BCUT2D eigenvalue weighted by molar-refractivity contribution is 7.91. The van der Waals surface area contributed by atoms with E-state index < -0.39 is 26.1 Å². The second kappa shape index (κ2) is 10.1. The van der Waals surface area contributed by atoms with Crippen molar-refractivity contribution in [2.75, 3.05) is 20.7 Å². The number of carbonyl (C=O) groups excluding carboxylic acids is 2. The largest absolute Gasteiger partial charge is 0.497 e. The topological polar surface area (TPSA) is 101 Å². The van der Waals surface area contributed by atoms with Crippen molar-refractivity contribution in [1.29, 1.82) is 0 Å². The monoisotopic (exact) mass is 656 g/mol. The Morgan fingerprint density at radius 1 is 1.00 bits per heavy atom. The van der Waals surface area contributed by atoms with E-state index in [0.29, 0.717) is 30.9 Å². The van der Waals surface area contributed by atoms with Crippen LogP contribution in [0.25, 0.3) is 22.2 Å². The first kappa shape index (κ1) is 29.7. The van der Waals surface area contributed by atoms with Crippen LogP contribution in [0.3, 0.4) is 0 Å². The van der Waals surface area contributed by atoms with Crippen LogP contribution in [-0.4, -0.2) is 72.3 Å². The number of nitrogens with zero attached hydrogens (tertiary/aromatic N) is 3. The average molecular weight is 657 g/mol. The molecule has 2 bridgehead atoms. The quantitative estimate of drug-likeness (QED) is 0.364. The van der Waals surface area contributed by atoms with Crippen molar-refractivity contribution in [3.8, 4) is 17.0 Å². The third-order valence-electron chi connectivity index (χ3n) is 12.8. The van der Waals surface area contributed by atoms with Gasteiger partial charge in [0.1, 0.15) is 5.75 Å². The number of hydrogen-bond acceptors (Lipinski definition) is 6. The van der Waals surface area contributed by atoms with Gasteiger partial charge in [0.15, 0.2) is 0 Å². The number of likely N-dealkylation sites (N-methyl/N-ethyl adjacent to an activating group) is 1. The van der Waals surface area contributed by atoms with E-state index in [4.69, 9.17) is 4.74 Å². The fourth-order valence-electron chi connectivity index (χ4n) is 9.66. The van der Waals surface area contributed by atoms with Gasteiger partial charge in [-0.15, -0.1) is 0 Å². The number of hydrogen-bond donors (Lipinski definition) is 1. The lowest BCUT2D eigenvalue weighted by Gasteiger charge is -2.29. The minimum atomic E-state index is -3.78. The van der Waals surface area contributed by atoms with Gasteiger partial charge >= 0.3 is 0 Å². The van der Waals surface area contributed by atoms with Gasteiger partial charge in [0, 0.05) is 47.1 Å². The van der Waals surface area contributed by atoms with Gasteiger partial charge in [-0.1, -0.05) is 25.3 Å². The first-order valence-electron chi connectivity index (χ1n) is 17.5. The first-order chi connectivity index (χ1) is 22.5. The maximum absolute atomic E-state index is 14.9. The number of fused-ring (bicyclic) bond motifs is 9. The van der Waals surface area contributed by atoms with E-state index in [1.165, 1.54) is 30.4 Å². The molecule has 1 aromatic heterocycles. The highest BCUT2D eigenvalue weighted by Gasteiger charge is 2.66. The molecule has 10 heteroatoms. The normalized spacial score (nSPS) is 29.2. The summed E-state index contributed by atoms with van der Waals surface area (Å²) in [5, 5.41) is 1.10. The highest BCUT2D eigenvalue weighted by atomic mass is 32.2. The maximum Gasteiger partial charge on any atom is 0.264 e. The number of nitrogens with one attached hydrogen (secondary N) is 1. The third-order valence-corrected chi connectivity index (χ3v) is 14.9. The Morgan fingerprint density at radius 3 is 2.47 bits per heavy atom. The molecule has 5 fully saturated rings. The number of carbonyl (C=O) groups is 2. The SMILES string of the molecule is COc1ccc2c(c1)C1CC1(C(=O)N1C3CCC1N(C)C3)Cn1c-2c(C2CCCCC2)c2ccc(C(=O)NS(=O)(=O)C3(C)CC3)cc21. The molecular formula is C37H44N4O5S. The van der Waals surface area contributed by atoms with Crippen LogP contribution in [0.2, 0.25) is 0 Å². The predicted octanol–water partition coefficient (Wildman–Crippen LogP) is 5.73. The van der Waals surface area contributed by atoms with E-state index in [2.05, 4.69) is 38.3 Å². The Morgan fingerprint density at radius 2 is 1.79 bits per heavy atom. The molecule has 4 heterocycles. The van der Waals surface area contributed by atoms with Gasteiger partial charge in [-0.25, -0.2) is 13.1 Å². The average Bonchev–Trinajstić information content (AvgIpc) is 3.90. The zero-order valence-electron chi connectivity index (χ0n) is 27.5. The van der Waals surface area contributed by atoms with Gasteiger partial charge in [0.05, 0.1) is 29.1 Å². The third kappa shape index (κ3) is 4.25. The van der Waals surface area contributed by atoms with Crippen molar-refractivity contribution in [2.24, 2.45) is 5.41 Å². The lowest BCUT2D eigenvalue weighted by atomic mass is 9.81. The van der Waals surface area contributed by atoms with Crippen molar-refractivity contribution in [3.63, 3.8) is 0 Å². The fourth-order valence-corrected chi connectivity index (χ4v) is 10.9. The van der Waals surface area contributed by atoms with Gasteiger partial charge in [-0.3, -0.25) is 14.5 Å². The van der Waals surface area contributed by atoms with Crippen LogP contribution in [0.15, 0.2) is 36.4 Å². The summed E-state index contributed by atoms with van der Waals surface area (Å²) in [5.74, 6) is 0.901. The number of methoxy groups -OCH3 is 1. The van der Waals surface area contributed by atoms with Gasteiger partial charge in [-0.05, 0) is 106 Å². The molecule has 1 N–H and O–H groups in total. The number of piperidine rings is 1. The summed E-state index contributed by atoms with van der Waals surface area (Å²) >= 11 is 0. The molecule has 47 heavy (non-hydrogen) atoms. The Kier molecular flexibility index (Phi) is 6.38. The zero-order valence-corrected chi connectivity index (χ0v) is 28.4. The van der Waals surface area contributed by atoms with E-state index in [9.17, 15) is 18.0 Å². The first-order valence-corrected chi connectivity index (χ1v) is 19.0. The zero-order chi connectivity index (χ0) is 32.5. The van der Waals surface area contributed by atoms with E-state index >= 15 is 0 Å². The van der Waals surface area contributed by atoms with E-state index in [-0.39, 0.29) is 24.0 Å². The second-order valence-electron chi connectivity index (χ2n) is 15.5. The van der Waals surface area contributed by atoms with Crippen LogP contribution in [0, 0.1) is 5.41 Å². The molecule has 0 spiro atoms. The lowest BCUT2D eigenvalue weighted by Crippen LogP contribution is -2.44. The van der Waals surface area contributed by atoms with Gasteiger partial charge in [0.25, 0.3) is 5.91 Å². The molecule has 3 aliphatic carbocycles. The summed E-state index contributed by atoms with van der Waals surface area (Å²) < 4.78 is 35.6. The van der Waals surface area contributed by atoms with Crippen LogP contribution < -0.4 is 9.46 Å². The molecule has 248 valence electrons. The molecule has 0 radical (unpaired) electrons. The number of aromatic nitrogens is 1. The Bertz CT molecular complexity index is 1960. The molecule has 6 aliphatic rings. The van der Waals surface area contributed by atoms with E-state index in [1.54, 1.807) is 20.1 Å². The van der Waals surface area contributed by atoms with E-state index in [0.717, 1.165) is 66.6 Å². The van der Waals surface area contributed by atoms with E-state index in [1.807, 2.05) is 18.2 Å². The molecule has 3 saturated carbocycles. The van der Waals surface area contributed by atoms with Crippen LogP contribution in [0.4, 0.5) is 0 Å². The summed E-state index contributed by atoms with van der Waals surface area (Å²) in [6.45, 7) is 3.15. The number of sulfonamides is 1. The number of amides is 2. The molecule has 9 rings (SSSR count). The molecular weight excluding hydrogens is 612 g/mol. The number of benzene rings is 2. The minimum absolute atomic E-state index is 0.0791. The van der Waals surface area contributed by atoms with Crippen LogP contribution in [-0.2, 0) is 21.4 Å². The standard InChI is InChI=1S/C37H44N4O5S/c1-36(15-16-36)47(44,45)38-34(42)23-9-12-27-30(17-23)40-21-37(35(43)41-24-10-14-31(41)39(2)20-24)19-29(37)28-18-25(46-3)11-13-26(28)33(40)32(27)22-7-5-4-6-8-22/h9,11-13,17-18,22,24,29,31H,4-8,10,14-16,19-21H2,1-3H3,(H,38,42). The molecule has 2 aromatic carbocycles. The molecule has 2 amide bonds. The van der Waals surface area contributed by atoms with Crippen molar-refractivity contribution >= 4 is 32.7 Å². The van der Waals surface area contributed by atoms with Crippen molar-refractivity contribution in [2.45, 2.75) is 106 Å². The Balaban J connectivity index is 1.23. The number of likely N-dealkylation sites (tertiary alicyclic amines) is 1. The summed E-state index contributed by atoms with van der Waals surface area (Å²) in [4.78, 5) is 33.0. The summed E-state index contributed by atoms with van der Waals surface area (Å²) in [6.07, 6.45) is 9.92. The van der Waals surface area contributed by atoms with Gasteiger partial charge in [-0.2, -0.15) is 0 Å². The van der Waals surface area contributed by atoms with Crippen molar-refractivity contribution in [3.05, 3.63) is 53.1 Å². The van der Waals surface area contributed by atoms with Crippen molar-refractivity contribution < 1.29 is 22.7 Å². The van der Waals surface area contributed by atoms with Gasteiger partial charge < -0.3 is 14.2 Å². The Labute approximate surface area is 276 Å². The summed E-state index contributed by atoms with van der Waals surface area (Å²) in [6, 6.07) is 12.3. The molecule has 2 saturated heterocycles. The molecule has 4 atom stereocenters. The predicted molar refractivity (Wildman–Crippen MR) is 180 cm³/mol. The Hall–Kier alpha value is -3.37. The summed E-state index contributed by atoms with van der Waals surface area (Å²) in [7, 11) is 0.0424. The molecule has 3 aromatic rings. The van der Waals surface area contributed by atoms with Crippen LogP contribution in [0.1, 0.15) is 104 Å². The smallest absolute Gasteiger partial charge is 0.264 e. The molecule has 4 unspecified atom stereocenters. The summed E-state index contributed by atoms with van der Waals surface area (Å²) in [5.41, 5.74) is 5.44. The van der Waals surface area contributed by atoms with Crippen LogP contribution >= 0.6 is 0 Å². The molecule has 9 nitrogen and oxygen atoms in total. The highest BCUT2D eigenvalue weighted by Crippen LogP contribution is 2.67. The number of rotatable bonds is 6. The van der Waals surface area contributed by atoms with Crippen LogP contribution in [0.5, 0.6) is 5.75 Å². The van der Waals surface area contributed by atoms with Gasteiger partial charge in [0.2, 0.25) is 15.9 Å². The van der Waals surface area contributed by atoms with Crippen molar-refractivity contribution in [1.82, 2.24) is 19.1 Å². The maximum atomic E-state index is 14.9. The number of ether oxygens (including phenoxy) is 1. The lowest BCUT2D eigenvalue weighted by molar-refractivity contribution is -0.140. The second-order valence-corrected chi connectivity index (χ2v) is 17.7. The minimum Gasteiger partial charge on any atom is -0.497 e. The molecule has 3 aliphatic heterocycles. The fraction of sp³-hybridized carbons (Fsp3) is 0.568.